The van der Waals surface area contributed by atoms with E-state index in [0.29, 0.717) is 22.9 Å². The first-order valence-electron chi connectivity index (χ1n) is 8.50. The lowest BCUT2D eigenvalue weighted by atomic mass is 10.0. The molecular formula is C16H23N5O4. The van der Waals surface area contributed by atoms with Crippen LogP contribution in [0.2, 0.25) is 0 Å². The smallest absolute Gasteiger partial charge is 0.167 e. The molecule has 4 N–H and O–H groups in total. The quantitative estimate of drug-likeness (QED) is 0.696. The van der Waals surface area contributed by atoms with Crippen LogP contribution >= 0.6 is 0 Å². The van der Waals surface area contributed by atoms with Crippen molar-refractivity contribution in [1.82, 2.24) is 19.5 Å². The number of aliphatic hydroxyl groups is 2. The van der Waals surface area contributed by atoms with Crippen molar-refractivity contribution in [3.8, 4) is 0 Å². The second-order valence-electron chi connectivity index (χ2n) is 6.91. The fraction of sp³-hybridized carbons (Fsp3) is 0.688. The molecule has 3 heterocycles. The van der Waals surface area contributed by atoms with Gasteiger partial charge in [-0.3, -0.25) is 4.57 Å². The summed E-state index contributed by atoms with van der Waals surface area (Å²) in [5.74, 6) is 1.38. The fourth-order valence-electron chi connectivity index (χ4n) is 3.51. The Balaban J connectivity index is 1.64. The van der Waals surface area contributed by atoms with Gasteiger partial charge in [0.1, 0.15) is 29.7 Å². The van der Waals surface area contributed by atoms with E-state index in [4.69, 9.17) is 15.2 Å². The summed E-state index contributed by atoms with van der Waals surface area (Å²) in [4.78, 5) is 12.7. The lowest BCUT2D eigenvalue weighted by Crippen LogP contribution is -2.39. The normalized spacial score (nSPS) is 30.9. The Bertz CT molecular complexity index is 777. The van der Waals surface area contributed by atoms with E-state index in [0.717, 1.165) is 6.42 Å². The van der Waals surface area contributed by atoms with Gasteiger partial charge in [-0.05, 0) is 19.3 Å². The van der Waals surface area contributed by atoms with E-state index in [1.54, 1.807) is 18.6 Å². The van der Waals surface area contributed by atoms with E-state index in [1.807, 2.05) is 0 Å². The number of aromatic nitrogens is 4. The highest BCUT2D eigenvalue weighted by molar-refractivity contribution is 5.81. The molecular weight excluding hydrogens is 326 g/mol. The van der Waals surface area contributed by atoms with E-state index in [-0.39, 0.29) is 11.9 Å². The number of imidazole rings is 1. The molecule has 0 aromatic carbocycles. The van der Waals surface area contributed by atoms with Crippen LogP contribution in [0.25, 0.3) is 11.2 Å². The zero-order chi connectivity index (χ0) is 17.7. The molecule has 0 bridgehead atoms. The second-order valence-corrected chi connectivity index (χ2v) is 6.91. The van der Waals surface area contributed by atoms with Crippen molar-refractivity contribution in [2.45, 2.75) is 56.8 Å². The van der Waals surface area contributed by atoms with Crippen LogP contribution in [0.4, 0.5) is 5.82 Å². The molecule has 1 aliphatic carbocycles. The summed E-state index contributed by atoms with van der Waals surface area (Å²) >= 11 is 0. The Morgan fingerprint density at radius 2 is 2.12 bits per heavy atom. The van der Waals surface area contributed by atoms with Gasteiger partial charge in [-0.2, -0.15) is 0 Å². The lowest BCUT2D eigenvalue weighted by molar-refractivity contribution is -0.0992. The number of fused-ring (bicyclic) bond motifs is 1. The predicted molar refractivity (Wildman–Crippen MR) is 88.5 cm³/mol. The van der Waals surface area contributed by atoms with Gasteiger partial charge in [-0.1, -0.05) is 12.8 Å². The summed E-state index contributed by atoms with van der Waals surface area (Å²) < 4.78 is 13.1. The Kier molecular flexibility index (Phi) is 4.11. The topological polar surface area (TPSA) is 129 Å². The van der Waals surface area contributed by atoms with Gasteiger partial charge in [0.25, 0.3) is 0 Å². The number of anilines is 1. The zero-order valence-electron chi connectivity index (χ0n) is 14.2. The summed E-state index contributed by atoms with van der Waals surface area (Å²) in [6, 6.07) is 0. The van der Waals surface area contributed by atoms with Crippen LogP contribution in [-0.4, -0.2) is 61.3 Å². The van der Waals surface area contributed by atoms with Crippen LogP contribution in [-0.2, 0) is 9.47 Å². The summed E-state index contributed by atoms with van der Waals surface area (Å²) in [6.45, 7) is 1.73. The van der Waals surface area contributed by atoms with Crippen molar-refractivity contribution >= 4 is 17.0 Å². The van der Waals surface area contributed by atoms with Crippen molar-refractivity contribution < 1.29 is 19.7 Å². The first kappa shape index (κ1) is 16.6. The highest BCUT2D eigenvalue weighted by atomic mass is 16.6. The van der Waals surface area contributed by atoms with Crippen molar-refractivity contribution in [2.75, 3.05) is 12.8 Å². The molecule has 1 unspecified atom stereocenters. The molecule has 9 nitrogen and oxygen atoms in total. The van der Waals surface area contributed by atoms with Gasteiger partial charge in [0, 0.05) is 7.11 Å². The molecule has 1 aliphatic heterocycles. The van der Waals surface area contributed by atoms with Crippen LogP contribution in [0.15, 0.2) is 6.33 Å². The third-order valence-corrected chi connectivity index (χ3v) is 5.04. The SMILES string of the molecule is COC(CC1CC1)[C@H]1O[C@@H](n2cnc3c(N)nc(C)nc32)[C@H](O)[C@@H]1O. The summed E-state index contributed by atoms with van der Waals surface area (Å²) in [5, 5.41) is 21.0. The Morgan fingerprint density at radius 3 is 2.80 bits per heavy atom. The van der Waals surface area contributed by atoms with Crippen molar-refractivity contribution in [1.29, 1.82) is 0 Å². The Hall–Kier alpha value is -1.81. The van der Waals surface area contributed by atoms with Crippen molar-refractivity contribution in [2.24, 2.45) is 5.92 Å². The molecule has 0 amide bonds. The predicted octanol–water partition coefficient (Wildman–Crippen LogP) is 0.151. The fourth-order valence-corrected chi connectivity index (χ4v) is 3.51. The number of ether oxygens (including phenoxy) is 2. The van der Waals surface area contributed by atoms with Crippen LogP contribution in [0, 0.1) is 12.8 Å². The van der Waals surface area contributed by atoms with E-state index in [2.05, 4.69) is 15.0 Å². The minimum absolute atomic E-state index is 0.265. The van der Waals surface area contributed by atoms with Crippen molar-refractivity contribution in [3.05, 3.63) is 12.2 Å². The second kappa shape index (κ2) is 6.17. The number of hydrogen-bond acceptors (Lipinski definition) is 8. The molecule has 9 heteroatoms. The van der Waals surface area contributed by atoms with Gasteiger partial charge in [-0.15, -0.1) is 0 Å². The monoisotopic (exact) mass is 349 g/mol. The number of hydrogen-bond donors (Lipinski definition) is 3. The number of rotatable bonds is 5. The van der Waals surface area contributed by atoms with Crippen LogP contribution in [0.1, 0.15) is 31.3 Å². The molecule has 136 valence electrons. The molecule has 2 aromatic heterocycles. The average Bonchev–Trinajstić information content (AvgIpc) is 3.23. The Morgan fingerprint density at radius 1 is 1.36 bits per heavy atom. The minimum atomic E-state index is -1.12. The van der Waals surface area contributed by atoms with Crippen molar-refractivity contribution in [3.63, 3.8) is 0 Å². The number of nitrogens with zero attached hydrogens (tertiary/aromatic N) is 4. The molecule has 1 saturated heterocycles. The highest BCUT2D eigenvalue weighted by Crippen LogP contribution is 2.39. The molecule has 0 spiro atoms. The highest BCUT2D eigenvalue weighted by Gasteiger charge is 2.48. The molecule has 4 rings (SSSR count). The number of aryl methyl sites for hydroxylation is 1. The number of aliphatic hydroxyl groups excluding tert-OH is 2. The van der Waals surface area contributed by atoms with Gasteiger partial charge in [0.15, 0.2) is 17.7 Å². The minimum Gasteiger partial charge on any atom is -0.387 e. The third-order valence-electron chi connectivity index (χ3n) is 5.04. The molecule has 5 atom stereocenters. The van der Waals surface area contributed by atoms with Gasteiger partial charge in [-0.25, -0.2) is 15.0 Å². The molecule has 1 saturated carbocycles. The van der Waals surface area contributed by atoms with Crippen LogP contribution in [0.5, 0.6) is 0 Å². The zero-order valence-corrected chi connectivity index (χ0v) is 14.2. The molecule has 0 radical (unpaired) electrons. The lowest BCUT2D eigenvalue weighted by Gasteiger charge is -2.24. The summed E-state index contributed by atoms with van der Waals surface area (Å²) in [6.07, 6.45) is 0.823. The number of nitrogens with two attached hydrogens (primary N) is 1. The van der Waals surface area contributed by atoms with Gasteiger partial charge < -0.3 is 25.4 Å². The third kappa shape index (κ3) is 2.86. The maximum Gasteiger partial charge on any atom is 0.167 e. The van der Waals surface area contributed by atoms with Crippen LogP contribution < -0.4 is 5.73 Å². The standard InChI is InChI=1S/C16H23N5O4/c1-7-19-14(17)10-15(20-7)21(6-18-10)16-12(23)11(22)13(25-16)9(24-2)5-8-3-4-8/h6,8-9,11-13,16,22-23H,3-5H2,1-2H3,(H2,17,19,20)/t9?,11-,12+,13+,16+/m0/s1. The average molecular weight is 349 g/mol. The summed E-state index contributed by atoms with van der Waals surface area (Å²) in [5.41, 5.74) is 6.81. The van der Waals surface area contributed by atoms with E-state index in [9.17, 15) is 10.2 Å². The molecule has 25 heavy (non-hydrogen) atoms. The van der Waals surface area contributed by atoms with Gasteiger partial charge in [0.2, 0.25) is 0 Å². The Labute approximate surface area is 144 Å². The molecule has 2 fully saturated rings. The molecule has 2 aromatic rings. The van der Waals surface area contributed by atoms with E-state index < -0.39 is 24.5 Å². The first-order valence-corrected chi connectivity index (χ1v) is 8.50. The number of nitrogen functional groups attached to an aromatic ring is 1. The maximum atomic E-state index is 10.5. The summed E-state index contributed by atoms with van der Waals surface area (Å²) in [7, 11) is 1.60. The number of methoxy groups -OCH3 is 1. The van der Waals surface area contributed by atoms with Gasteiger partial charge >= 0.3 is 0 Å². The maximum absolute atomic E-state index is 10.5. The van der Waals surface area contributed by atoms with E-state index in [1.165, 1.54) is 19.2 Å². The van der Waals surface area contributed by atoms with Crippen LogP contribution in [0.3, 0.4) is 0 Å². The van der Waals surface area contributed by atoms with Gasteiger partial charge in [0.05, 0.1) is 12.4 Å². The van der Waals surface area contributed by atoms with E-state index >= 15 is 0 Å². The largest absolute Gasteiger partial charge is 0.387 e. The molecule has 2 aliphatic rings. The first-order chi connectivity index (χ1) is 12.0.